The Labute approximate surface area is 152 Å². The normalized spacial score (nSPS) is 13.9. The number of carboxylic acid groups (broad SMARTS) is 1. The summed E-state index contributed by atoms with van der Waals surface area (Å²) in [7, 11) is 1.18. The zero-order valence-corrected chi connectivity index (χ0v) is 14.6. The zero-order valence-electron chi connectivity index (χ0n) is 14.6. The number of primary amides is 1. The molecule has 1 rings (SSSR count). The van der Waals surface area contributed by atoms with Gasteiger partial charge in [0.15, 0.2) is 6.04 Å². The first-order chi connectivity index (χ1) is 12.4. The Morgan fingerprint density at radius 1 is 1.19 bits per heavy atom. The number of hydrogen-bond donors (Lipinski definition) is 4. The van der Waals surface area contributed by atoms with Crippen LogP contribution < -0.4 is 16.0 Å². The number of carboxylic acids is 1. The van der Waals surface area contributed by atoms with Crippen LogP contribution in [0.4, 0.5) is 22.7 Å². The fourth-order valence-corrected chi connectivity index (χ4v) is 2.41. The molecule has 0 bridgehead atoms. The second-order valence-electron chi connectivity index (χ2n) is 5.78. The maximum atomic E-state index is 11.4. The highest BCUT2D eigenvalue weighted by atomic mass is 16.6. The summed E-state index contributed by atoms with van der Waals surface area (Å²) in [5.74, 6) is -2.29. The highest BCUT2D eigenvalue weighted by Gasteiger charge is 2.34. The Balaban J connectivity index is 3.66. The number of carbonyl (C=O) groups is 2. The monoisotopic (exact) mass is 385 g/mol. The van der Waals surface area contributed by atoms with Gasteiger partial charge in [0.25, 0.3) is 11.4 Å². The Morgan fingerprint density at radius 2 is 1.70 bits per heavy atom. The van der Waals surface area contributed by atoms with Gasteiger partial charge in [-0.25, -0.2) is 4.79 Å². The van der Waals surface area contributed by atoms with E-state index in [-0.39, 0.29) is 11.4 Å². The number of nitro groups is 2. The third-order valence-electron chi connectivity index (χ3n) is 3.79. The lowest BCUT2D eigenvalue weighted by molar-refractivity contribution is -0.393. The van der Waals surface area contributed by atoms with Crippen molar-refractivity contribution >= 4 is 34.6 Å². The van der Waals surface area contributed by atoms with Crippen molar-refractivity contribution in [3.63, 3.8) is 0 Å². The molecule has 13 heteroatoms. The highest BCUT2D eigenvalue weighted by molar-refractivity contribution is 5.87. The molecule has 1 aromatic rings. The van der Waals surface area contributed by atoms with Crippen LogP contribution in [0.5, 0.6) is 0 Å². The van der Waals surface area contributed by atoms with Gasteiger partial charge in [0.2, 0.25) is 5.91 Å². The maximum absolute atomic E-state index is 11.4. The van der Waals surface area contributed by atoms with E-state index in [0.29, 0.717) is 6.07 Å². The number of aliphatic hydroxyl groups is 1. The molecule has 0 spiro atoms. The molecule has 0 fully saturated rings. The van der Waals surface area contributed by atoms with E-state index >= 15 is 0 Å². The lowest BCUT2D eigenvalue weighted by Gasteiger charge is -2.28. The molecule has 0 aliphatic carbocycles. The van der Waals surface area contributed by atoms with Gasteiger partial charge in [-0.3, -0.25) is 25.0 Å². The smallest absolute Gasteiger partial charge is 0.329 e. The van der Waals surface area contributed by atoms with Crippen LogP contribution in [0.3, 0.4) is 0 Å². The molecule has 0 aliphatic rings. The zero-order chi connectivity index (χ0) is 21.0. The molecule has 5 N–H and O–H groups in total. The predicted octanol–water partition coefficient (Wildman–Crippen LogP) is 0.0589. The molecule has 27 heavy (non-hydrogen) atoms. The molecular formula is C14H19N5O8. The number of aliphatic hydroxyl groups excluding tert-OH is 1. The summed E-state index contributed by atoms with van der Waals surface area (Å²) in [6, 6.07) is -1.00. The summed E-state index contributed by atoms with van der Waals surface area (Å²) in [6.07, 6.45) is -1.41. The third kappa shape index (κ3) is 4.78. The molecule has 1 amide bonds. The first kappa shape index (κ1) is 21.6. The number of hydrogen-bond acceptors (Lipinski definition) is 9. The van der Waals surface area contributed by atoms with E-state index in [1.54, 1.807) is 0 Å². The van der Waals surface area contributed by atoms with Crippen molar-refractivity contribution in [2.45, 2.75) is 32.0 Å². The molecule has 0 radical (unpaired) electrons. The molecule has 0 saturated carbocycles. The number of nitrogens with one attached hydrogen (secondary N) is 1. The molecular weight excluding hydrogens is 366 g/mol. The summed E-state index contributed by atoms with van der Waals surface area (Å²) in [4.78, 5) is 44.4. The Kier molecular flexibility index (Phi) is 6.60. The Bertz CT molecular complexity index is 781. The minimum atomic E-state index is -1.56. The van der Waals surface area contributed by atoms with E-state index in [9.17, 15) is 40.0 Å². The number of nitrogens with zero attached hydrogens (tertiary/aromatic N) is 3. The van der Waals surface area contributed by atoms with Gasteiger partial charge >= 0.3 is 5.97 Å². The van der Waals surface area contributed by atoms with Crippen LogP contribution in [0.1, 0.15) is 13.8 Å². The number of nitrogens with two attached hydrogens (primary N) is 1. The Hall–Kier alpha value is -3.48. The maximum Gasteiger partial charge on any atom is 0.329 e. The van der Waals surface area contributed by atoms with Crippen LogP contribution >= 0.6 is 0 Å². The number of aliphatic carboxylic acids is 1. The van der Waals surface area contributed by atoms with E-state index in [2.05, 4.69) is 5.32 Å². The van der Waals surface area contributed by atoms with Gasteiger partial charge in [0.1, 0.15) is 17.4 Å². The average Bonchev–Trinajstić information content (AvgIpc) is 2.52. The van der Waals surface area contributed by atoms with E-state index in [1.165, 1.54) is 20.9 Å². The largest absolute Gasteiger partial charge is 0.480 e. The number of benzene rings is 1. The fraction of sp³-hybridized carbons (Fsp3) is 0.429. The molecule has 13 nitrogen and oxygen atoms in total. The van der Waals surface area contributed by atoms with Crippen LogP contribution in [0.25, 0.3) is 0 Å². The number of amides is 1. The number of rotatable bonds is 9. The molecule has 0 unspecified atom stereocenters. The molecule has 3 atom stereocenters. The molecule has 1 aromatic carbocycles. The van der Waals surface area contributed by atoms with Gasteiger partial charge in [-0.05, 0) is 19.9 Å². The summed E-state index contributed by atoms with van der Waals surface area (Å²) in [6.45, 7) is 2.51. The molecule has 0 aliphatic heterocycles. The molecule has 0 heterocycles. The van der Waals surface area contributed by atoms with Crippen molar-refractivity contribution in [3.8, 4) is 0 Å². The summed E-state index contributed by atoms with van der Waals surface area (Å²) >= 11 is 0. The van der Waals surface area contributed by atoms with Crippen molar-refractivity contribution in [1.82, 2.24) is 0 Å². The Morgan fingerprint density at radius 3 is 2.07 bits per heavy atom. The quantitative estimate of drug-likeness (QED) is 0.332. The topological polar surface area (TPSA) is 202 Å². The number of anilines is 2. The SMILES string of the molecule is C[C@@H](Nc1cc(N(C)[C@@H](C(=O)O)[C@@H](C)O)c([N+](=O)[O-])cc1[N+](=O)[O-])C(N)=O. The van der Waals surface area contributed by atoms with Gasteiger partial charge < -0.3 is 26.2 Å². The molecule has 148 valence electrons. The summed E-state index contributed by atoms with van der Waals surface area (Å²) in [5, 5.41) is 44.1. The minimum Gasteiger partial charge on any atom is -0.480 e. The van der Waals surface area contributed by atoms with Crippen molar-refractivity contribution in [2.24, 2.45) is 5.73 Å². The minimum absolute atomic E-state index is 0.270. The van der Waals surface area contributed by atoms with E-state index in [1.807, 2.05) is 0 Å². The van der Waals surface area contributed by atoms with Crippen LogP contribution in [0, 0.1) is 20.2 Å². The summed E-state index contributed by atoms with van der Waals surface area (Å²) < 4.78 is 0. The van der Waals surface area contributed by atoms with Gasteiger partial charge in [-0.1, -0.05) is 0 Å². The van der Waals surface area contributed by atoms with Gasteiger partial charge in [0, 0.05) is 7.05 Å². The predicted molar refractivity (Wildman–Crippen MR) is 93.5 cm³/mol. The lowest BCUT2D eigenvalue weighted by atomic mass is 10.1. The van der Waals surface area contributed by atoms with Crippen LogP contribution in [0.15, 0.2) is 12.1 Å². The first-order valence-electron chi connectivity index (χ1n) is 7.54. The van der Waals surface area contributed by atoms with Crippen molar-refractivity contribution in [3.05, 3.63) is 32.4 Å². The second-order valence-corrected chi connectivity index (χ2v) is 5.78. The number of nitro benzene ring substituents is 2. The molecule has 0 aromatic heterocycles. The summed E-state index contributed by atoms with van der Waals surface area (Å²) in [5.41, 5.74) is 3.10. The second kappa shape index (κ2) is 8.27. The van der Waals surface area contributed by atoms with Crippen LogP contribution in [-0.4, -0.2) is 57.2 Å². The van der Waals surface area contributed by atoms with Gasteiger partial charge in [-0.15, -0.1) is 0 Å². The van der Waals surface area contributed by atoms with E-state index < -0.39 is 51.3 Å². The van der Waals surface area contributed by atoms with Crippen molar-refractivity contribution in [1.29, 1.82) is 0 Å². The van der Waals surface area contributed by atoms with E-state index in [4.69, 9.17) is 5.73 Å². The lowest BCUT2D eigenvalue weighted by Crippen LogP contribution is -2.46. The van der Waals surface area contributed by atoms with Crippen molar-refractivity contribution in [2.75, 3.05) is 17.3 Å². The first-order valence-corrected chi connectivity index (χ1v) is 7.54. The number of carbonyl (C=O) groups excluding carboxylic acids is 1. The van der Waals surface area contributed by atoms with Gasteiger partial charge in [0.05, 0.1) is 22.0 Å². The number of likely N-dealkylation sites (N-methyl/N-ethyl adjacent to an activating group) is 1. The van der Waals surface area contributed by atoms with Gasteiger partial charge in [-0.2, -0.15) is 0 Å². The molecule has 0 saturated heterocycles. The standard InChI is InChI=1S/C14H19N5O8/c1-6(13(15)21)16-8-4-10(17(3)12(7(2)20)14(22)23)11(19(26)27)5-9(8)18(24)25/h4-7,12,16,20H,1-3H3,(H2,15,21)(H,22,23)/t6-,7-,12-/m1/s1. The van der Waals surface area contributed by atoms with E-state index in [0.717, 1.165) is 11.0 Å². The van der Waals surface area contributed by atoms with Crippen molar-refractivity contribution < 1.29 is 29.6 Å². The average molecular weight is 385 g/mol. The van der Waals surface area contributed by atoms with Crippen LogP contribution in [0.2, 0.25) is 0 Å². The van der Waals surface area contributed by atoms with Crippen LogP contribution in [-0.2, 0) is 9.59 Å². The highest BCUT2D eigenvalue weighted by Crippen LogP contribution is 2.39. The fourth-order valence-electron chi connectivity index (χ4n) is 2.41. The third-order valence-corrected chi connectivity index (χ3v) is 3.79.